The van der Waals surface area contributed by atoms with E-state index in [1.54, 1.807) is 0 Å². The molecule has 0 fully saturated rings. The van der Waals surface area contributed by atoms with Crippen LogP contribution >= 0.6 is 0 Å². The zero-order chi connectivity index (χ0) is 19.6. The minimum absolute atomic E-state index is 0.00397. The average Bonchev–Trinajstić information content (AvgIpc) is 2.60. The van der Waals surface area contributed by atoms with Crippen LogP contribution in [0.15, 0.2) is 30.3 Å². The lowest BCUT2D eigenvalue weighted by Crippen LogP contribution is -2.05. The van der Waals surface area contributed by atoms with E-state index in [1.165, 1.54) is 39.2 Å². The number of allylic oxidation sites excluding steroid dienone is 1. The van der Waals surface area contributed by atoms with Gasteiger partial charge in [0.15, 0.2) is 5.78 Å². The predicted octanol–water partition coefficient (Wildman–Crippen LogP) is 4.64. The summed E-state index contributed by atoms with van der Waals surface area (Å²) < 4.78 is 43.3. The van der Waals surface area contributed by atoms with Crippen molar-refractivity contribution in [3.05, 3.63) is 58.2 Å². The lowest BCUT2D eigenvalue weighted by atomic mass is 9.98. The molecule has 0 spiro atoms. The molecule has 2 aromatic carbocycles. The van der Waals surface area contributed by atoms with Gasteiger partial charge in [-0.05, 0) is 37.6 Å². The number of carbonyl (C=O) groups excluding carboxylic acids is 1. The number of benzene rings is 2. The fourth-order valence-corrected chi connectivity index (χ4v) is 2.54. The van der Waals surface area contributed by atoms with E-state index in [1.807, 2.05) is 0 Å². The summed E-state index contributed by atoms with van der Waals surface area (Å²) in [6, 6.07) is 4.50. The highest BCUT2D eigenvalue weighted by molar-refractivity contribution is 6.11. The first kappa shape index (κ1) is 19.4. The van der Waals surface area contributed by atoms with Crippen molar-refractivity contribution in [3.8, 4) is 17.2 Å². The van der Waals surface area contributed by atoms with E-state index in [2.05, 4.69) is 0 Å². The number of methoxy groups -OCH3 is 1. The molecule has 0 aromatic heterocycles. The van der Waals surface area contributed by atoms with Crippen LogP contribution in [-0.4, -0.2) is 23.1 Å². The van der Waals surface area contributed by atoms with Crippen LogP contribution < -0.4 is 4.74 Å². The molecule has 0 bridgehead atoms. The summed E-state index contributed by atoms with van der Waals surface area (Å²) in [7, 11) is 1.28. The van der Waals surface area contributed by atoms with Crippen LogP contribution in [0.4, 0.5) is 13.2 Å². The Balaban J connectivity index is 2.44. The molecule has 0 unspecified atom stereocenters. The third-order valence-corrected chi connectivity index (χ3v) is 3.96. The largest absolute Gasteiger partial charge is 0.507 e. The molecule has 4 nitrogen and oxygen atoms in total. The van der Waals surface area contributed by atoms with Crippen molar-refractivity contribution < 1.29 is 32.9 Å². The number of phenols is 2. The van der Waals surface area contributed by atoms with Gasteiger partial charge in [-0.3, -0.25) is 4.79 Å². The minimum Gasteiger partial charge on any atom is -0.507 e. The Labute approximate surface area is 148 Å². The Hall–Kier alpha value is -2.96. The van der Waals surface area contributed by atoms with Crippen molar-refractivity contribution in [2.75, 3.05) is 7.11 Å². The second-order valence-electron chi connectivity index (χ2n) is 5.68. The number of phenolic OH excluding ortho intramolecular Hbond substituents is 2. The lowest BCUT2D eigenvalue weighted by molar-refractivity contribution is -0.137. The van der Waals surface area contributed by atoms with Crippen LogP contribution in [0, 0.1) is 13.8 Å². The number of carbonyl (C=O) groups is 1. The van der Waals surface area contributed by atoms with E-state index in [-0.39, 0.29) is 33.8 Å². The van der Waals surface area contributed by atoms with Gasteiger partial charge in [0.1, 0.15) is 22.8 Å². The highest BCUT2D eigenvalue weighted by atomic mass is 19.4. The van der Waals surface area contributed by atoms with Crippen LogP contribution in [0.5, 0.6) is 17.2 Å². The van der Waals surface area contributed by atoms with Gasteiger partial charge < -0.3 is 14.9 Å². The van der Waals surface area contributed by atoms with Gasteiger partial charge in [0.25, 0.3) is 0 Å². The van der Waals surface area contributed by atoms with Gasteiger partial charge in [0, 0.05) is 11.1 Å². The molecule has 0 heterocycles. The fourth-order valence-electron chi connectivity index (χ4n) is 2.54. The maximum absolute atomic E-state index is 12.7. The molecular formula is C19H17F3O4. The number of hydrogen-bond donors (Lipinski definition) is 2. The summed E-state index contributed by atoms with van der Waals surface area (Å²) in [5.41, 5.74) is -0.427. The molecule has 0 saturated heterocycles. The van der Waals surface area contributed by atoms with E-state index in [0.29, 0.717) is 0 Å². The third-order valence-electron chi connectivity index (χ3n) is 3.96. The monoisotopic (exact) mass is 366 g/mol. The maximum atomic E-state index is 12.7. The summed E-state index contributed by atoms with van der Waals surface area (Å²) in [6.45, 7) is 2.96. The van der Waals surface area contributed by atoms with Crippen molar-refractivity contribution >= 4 is 11.9 Å². The first-order chi connectivity index (χ1) is 12.1. The fraction of sp³-hybridized carbons (Fsp3) is 0.211. The van der Waals surface area contributed by atoms with Gasteiger partial charge in [-0.15, -0.1) is 0 Å². The summed E-state index contributed by atoms with van der Waals surface area (Å²) in [4.78, 5) is 12.5. The first-order valence-corrected chi connectivity index (χ1v) is 7.56. The van der Waals surface area contributed by atoms with Crippen LogP contribution in [-0.2, 0) is 6.18 Å². The van der Waals surface area contributed by atoms with Gasteiger partial charge in [0.2, 0.25) is 0 Å². The predicted molar refractivity (Wildman–Crippen MR) is 90.6 cm³/mol. The normalized spacial score (nSPS) is 11.8. The van der Waals surface area contributed by atoms with Crippen molar-refractivity contribution in [1.82, 2.24) is 0 Å². The summed E-state index contributed by atoms with van der Waals surface area (Å²) >= 11 is 0. The molecule has 7 heteroatoms. The average molecular weight is 366 g/mol. The van der Waals surface area contributed by atoms with E-state index < -0.39 is 23.3 Å². The molecule has 0 atom stereocenters. The second-order valence-corrected chi connectivity index (χ2v) is 5.68. The molecule has 0 aliphatic heterocycles. The van der Waals surface area contributed by atoms with Crippen molar-refractivity contribution in [2.24, 2.45) is 0 Å². The zero-order valence-corrected chi connectivity index (χ0v) is 14.3. The number of aromatic hydroxyl groups is 2. The van der Waals surface area contributed by atoms with Crippen LogP contribution in [0.3, 0.4) is 0 Å². The molecule has 0 saturated carbocycles. The molecule has 0 radical (unpaired) electrons. The molecule has 2 N–H and O–H groups in total. The standard InChI is InChI=1S/C19H17F3O4/c1-10-16(24)11(2)18(26-3)15(17(10)25)14(23)8-7-12-5-4-6-13(9-12)19(20,21)22/h4-9,24-25H,1-3H3. The Bertz CT molecular complexity index is 883. The zero-order valence-electron chi connectivity index (χ0n) is 14.3. The Morgan fingerprint density at radius 2 is 1.77 bits per heavy atom. The summed E-state index contributed by atoms with van der Waals surface area (Å²) in [5.74, 6) is -1.30. The molecule has 2 aromatic rings. The Morgan fingerprint density at radius 3 is 2.35 bits per heavy atom. The van der Waals surface area contributed by atoms with Crippen LogP contribution in [0.25, 0.3) is 6.08 Å². The van der Waals surface area contributed by atoms with Crippen molar-refractivity contribution in [1.29, 1.82) is 0 Å². The smallest absolute Gasteiger partial charge is 0.416 e. The van der Waals surface area contributed by atoms with Crippen molar-refractivity contribution in [3.63, 3.8) is 0 Å². The van der Waals surface area contributed by atoms with Crippen molar-refractivity contribution in [2.45, 2.75) is 20.0 Å². The molecule has 2 rings (SSSR count). The third kappa shape index (κ3) is 3.66. The quantitative estimate of drug-likeness (QED) is 0.611. The molecule has 138 valence electrons. The SMILES string of the molecule is COc1c(C)c(O)c(C)c(O)c1C(=O)C=Cc1cccc(C(F)(F)F)c1. The van der Waals surface area contributed by atoms with E-state index >= 15 is 0 Å². The summed E-state index contributed by atoms with van der Waals surface area (Å²) in [5, 5.41) is 20.1. The molecular weight excluding hydrogens is 349 g/mol. The molecule has 0 aliphatic rings. The number of rotatable bonds is 4. The second kappa shape index (κ2) is 7.11. The number of hydrogen-bond acceptors (Lipinski definition) is 4. The number of alkyl halides is 3. The topological polar surface area (TPSA) is 66.8 Å². The Morgan fingerprint density at radius 1 is 1.12 bits per heavy atom. The number of ketones is 1. The van der Waals surface area contributed by atoms with Gasteiger partial charge in [-0.2, -0.15) is 13.2 Å². The van der Waals surface area contributed by atoms with Gasteiger partial charge >= 0.3 is 6.18 Å². The van der Waals surface area contributed by atoms with Crippen LogP contribution in [0.2, 0.25) is 0 Å². The van der Waals surface area contributed by atoms with Gasteiger partial charge in [0.05, 0.1) is 12.7 Å². The van der Waals surface area contributed by atoms with E-state index in [9.17, 15) is 28.2 Å². The molecule has 26 heavy (non-hydrogen) atoms. The number of halogens is 3. The van der Waals surface area contributed by atoms with Gasteiger partial charge in [-0.1, -0.05) is 18.2 Å². The lowest BCUT2D eigenvalue weighted by Gasteiger charge is -2.15. The summed E-state index contributed by atoms with van der Waals surface area (Å²) in [6.07, 6.45) is -2.22. The maximum Gasteiger partial charge on any atom is 0.416 e. The molecule has 0 aliphatic carbocycles. The minimum atomic E-state index is -4.49. The molecule has 0 amide bonds. The van der Waals surface area contributed by atoms with Gasteiger partial charge in [-0.25, -0.2) is 0 Å². The highest BCUT2D eigenvalue weighted by Crippen LogP contribution is 2.41. The van der Waals surface area contributed by atoms with Crippen LogP contribution in [0.1, 0.15) is 32.6 Å². The number of ether oxygens (including phenoxy) is 1. The highest BCUT2D eigenvalue weighted by Gasteiger charge is 2.30. The Kier molecular flexibility index (Phi) is 5.30. The van der Waals surface area contributed by atoms with E-state index in [4.69, 9.17) is 4.74 Å². The van der Waals surface area contributed by atoms with E-state index in [0.717, 1.165) is 18.2 Å². The first-order valence-electron chi connectivity index (χ1n) is 7.56.